The van der Waals surface area contributed by atoms with Crippen LogP contribution in [0, 0.1) is 6.92 Å². The molecule has 0 amide bonds. The zero-order chi connectivity index (χ0) is 11.6. The van der Waals surface area contributed by atoms with E-state index in [1.54, 1.807) is 13.1 Å². The third-order valence-electron chi connectivity index (χ3n) is 2.08. The number of nitrogens with zero attached hydrogens (tertiary/aromatic N) is 1. The summed E-state index contributed by atoms with van der Waals surface area (Å²) in [6.45, 7) is 10.0. The van der Waals surface area contributed by atoms with Gasteiger partial charge in [0.1, 0.15) is 5.82 Å². The molecule has 0 saturated carbocycles. The number of hydrogen-bond donors (Lipinski definition) is 2. The second-order valence-corrected chi connectivity index (χ2v) is 4.99. The summed E-state index contributed by atoms with van der Waals surface area (Å²) in [5.74, 6) is 0.881. The molecule has 0 aromatic carbocycles. The van der Waals surface area contributed by atoms with Crippen LogP contribution in [0.25, 0.3) is 0 Å². The normalized spacial score (nSPS) is 13.7. The van der Waals surface area contributed by atoms with Crippen molar-refractivity contribution >= 4 is 5.82 Å². The average molecular weight is 208 g/mol. The number of aromatic nitrogens is 1. The van der Waals surface area contributed by atoms with Crippen LogP contribution in [0.15, 0.2) is 12.3 Å². The van der Waals surface area contributed by atoms with Gasteiger partial charge in [-0.1, -0.05) is 0 Å². The van der Waals surface area contributed by atoms with Gasteiger partial charge in [0.15, 0.2) is 0 Å². The summed E-state index contributed by atoms with van der Waals surface area (Å²) in [6, 6.07) is 1.96. The molecule has 0 radical (unpaired) electrons. The number of rotatable bonds is 2. The monoisotopic (exact) mass is 208 g/mol. The van der Waals surface area contributed by atoms with Crippen molar-refractivity contribution in [3.05, 3.63) is 23.4 Å². The molecular weight excluding hydrogens is 188 g/mol. The highest BCUT2D eigenvalue weighted by atomic mass is 16.3. The first kappa shape index (κ1) is 12.0. The Kier molecular flexibility index (Phi) is 3.35. The van der Waals surface area contributed by atoms with Gasteiger partial charge in [-0.25, -0.2) is 4.98 Å². The van der Waals surface area contributed by atoms with E-state index in [4.69, 9.17) is 0 Å². The van der Waals surface area contributed by atoms with Crippen molar-refractivity contribution in [2.45, 2.75) is 46.3 Å². The first-order valence-corrected chi connectivity index (χ1v) is 5.22. The Morgan fingerprint density at radius 1 is 1.40 bits per heavy atom. The molecule has 0 aliphatic rings. The summed E-state index contributed by atoms with van der Waals surface area (Å²) >= 11 is 0. The van der Waals surface area contributed by atoms with E-state index in [2.05, 4.69) is 31.1 Å². The van der Waals surface area contributed by atoms with E-state index in [0.717, 1.165) is 16.9 Å². The SMILES string of the molecule is Cc1cc(C(C)O)cnc1NC(C)(C)C. The fraction of sp³-hybridized carbons (Fsp3) is 0.583. The number of nitrogens with one attached hydrogen (secondary N) is 1. The first-order chi connectivity index (χ1) is 6.79. The number of aryl methyl sites for hydroxylation is 1. The van der Waals surface area contributed by atoms with Crippen LogP contribution in [-0.4, -0.2) is 15.6 Å². The maximum Gasteiger partial charge on any atom is 0.129 e. The maximum atomic E-state index is 9.41. The van der Waals surface area contributed by atoms with Crippen molar-refractivity contribution < 1.29 is 5.11 Å². The summed E-state index contributed by atoms with van der Waals surface area (Å²) in [4.78, 5) is 4.31. The fourth-order valence-electron chi connectivity index (χ4n) is 1.31. The molecule has 0 aliphatic carbocycles. The Labute approximate surface area is 91.5 Å². The Bertz CT molecular complexity index is 340. The van der Waals surface area contributed by atoms with E-state index in [0.29, 0.717) is 0 Å². The third kappa shape index (κ3) is 3.51. The molecular formula is C12H20N2O. The first-order valence-electron chi connectivity index (χ1n) is 5.22. The Hall–Kier alpha value is -1.09. The van der Waals surface area contributed by atoms with Crippen molar-refractivity contribution in [1.82, 2.24) is 4.98 Å². The molecule has 1 unspecified atom stereocenters. The van der Waals surface area contributed by atoms with Crippen LogP contribution in [-0.2, 0) is 0 Å². The minimum absolute atomic E-state index is 0.00407. The predicted molar refractivity (Wildman–Crippen MR) is 63.0 cm³/mol. The van der Waals surface area contributed by atoms with Gasteiger partial charge in [0.2, 0.25) is 0 Å². The topological polar surface area (TPSA) is 45.2 Å². The molecule has 0 spiro atoms. The number of aliphatic hydroxyl groups is 1. The molecule has 3 nitrogen and oxygen atoms in total. The van der Waals surface area contributed by atoms with Crippen LogP contribution in [0.3, 0.4) is 0 Å². The van der Waals surface area contributed by atoms with Crippen LogP contribution in [0.2, 0.25) is 0 Å². The van der Waals surface area contributed by atoms with Crippen LogP contribution >= 0.6 is 0 Å². The molecule has 1 rings (SSSR count). The van der Waals surface area contributed by atoms with Crippen molar-refractivity contribution in [2.24, 2.45) is 0 Å². The van der Waals surface area contributed by atoms with E-state index in [9.17, 15) is 5.11 Å². The summed E-state index contributed by atoms with van der Waals surface area (Å²) in [5.41, 5.74) is 1.92. The van der Waals surface area contributed by atoms with Gasteiger partial charge >= 0.3 is 0 Å². The summed E-state index contributed by atoms with van der Waals surface area (Å²) in [5, 5.41) is 12.7. The zero-order valence-electron chi connectivity index (χ0n) is 10.1. The van der Waals surface area contributed by atoms with Gasteiger partial charge in [-0.2, -0.15) is 0 Å². The molecule has 3 heteroatoms. The highest BCUT2D eigenvalue weighted by Crippen LogP contribution is 2.20. The summed E-state index contributed by atoms with van der Waals surface area (Å²) in [6.07, 6.45) is 1.26. The highest BCUT2D eigenvalue weighted by Gasteiger charge is 2.12. The van der Waals surface area contributed by atoms with Gasteiger partial charge in [-0.05, 0) is 51.8 Å². The van der Waals surface area contributed by atoms with E-state index in [1.807, 2.05) is 13.0 Å². The Balaban J connectivity index is 2.94. The van der Waals surface area contributed by atoms with Gasteiger partial charge in [-0.15, -0.1) is 0 Å². The molecule has 1 aromatic rings. The van der Waals surface area contributed by atoms with E-state index in [1.165, 1.54) is 0 Å². The molecule has 1 heterocycles. The Morgan fingerprint density at radius 3 is 2.40 bits per heavy atom. The zero-order valence-corrected chi connectivity index (χ0v) is 10.1. The lowest BCUT2D eigenvalue weighted by molar-refractivity contribution is 0.199. The van der Waals surface area contributed by atoms with Gasteiger partial charge in [0.25, 0.3) is 0 Å². The van der Waals surface area contributed by atoms with Crippen LogP contribution < -0.4 is 5.32 Å². The molecule has 1 aromatic heterocycles. The van der Waals surface area contributed by atoms with Gasteiger partial charge < -0.3 is 10.4 Å². The van der Waals surface area contributed by atoms with Gasteiger partial charge in [0.05, 0.1) is 6.10 Å². The lowest BCUT2D eigenvalue weighted by Crippen LogP contribution is -2.27. The number of hydrogen-bond acceptors (Lipinski definition) is 3. The largest absolute Gasteiger partial charge is 0.389 e. The van der Waals surface area contributed by atoms with Crippen molar-refractivity contribution in [3.8, 4) is 0 Å². The summed E-state index contributed by atoms with van der Waals surface area (Å²) in [7, 11) is 0. The predicted octanol–water partition coefficient (Wildman–Crippen LogP) is 2.65. The molecule has 0 aliphatic heterocycles. The number of anilines is 1. The molecule has 0 bridgehead atoms. The fourth-order valence-corrected chi connectivity index (χ4v) is 1.31. The van der Waals surface area contributed by atoms with E-state index >= 15 is 0 Å². The van der Waals surface area contributed by atoms with E-state index < -0.39 is 6.10 Å². The number of pyridine rings is 1. The quantitative estimate of drug-likeness (QED) is 0.785. The summed E-state index contributed by atoms with van der Waals surface area (Å²) < 4.78 is 0. The second-order valence-electron chi connectivity index (χ2n) is 4.99. The van der Waals surface area contributed by atoms with Gasteiger partial charge in [-0.3, -0.25) is 0 Å². The highest BCUT2D eigenvalue weighted by molar-refractivity contribution is 5.46. The lowest BCUT2D eigenvalue weighted by Gasteiger charge is -2.23. The van der Waals surface area contributed by atoms with Crippen LogP contribution in [0.4, 0.5) is 5.82 Å². The molecule has 2 N–H and O–H groups in total. The average Bonchev–Trinajstić information content (AvgIpc) is 2.05. The minimum Gasteiger partial charge on any atom is -0.389 e. The minimum atomic E-state index is -0.458. The van der Waals surface area contributed by atoms with Crippen molar-refractivity contribution in [2.75, 3.05) is 5.32 Å². The van der Waals surface area contributed by atoms with Crippen molar-refractivity contribution in [3.63, 3.8) is 0 Å². The molecule has 15 heavy (non-hydrogen) atoms. The van der Waals surface area contributed by atoms with Gasteiger partial charge in [0, 0.05) is 11.7 Å². The molecule has 0 saturated heterocycles. The smallest absolute Gasteiger partial charge is 0.129 e. The Morgan fingerprint density at radius 2 is 2.00 bits per heavy atom. The second kappa shape index (κ2) is 4.19. The molecule has 1 atom stereocenters. The standard InChI is InChI=1S/C12H20N2O/c1-8-6-10(9(2)15)7-13-11(8)14-12(3,4)5/h6-7,9,15H,1-5H3,(H,13,14). The van der Waals surface area contributed by atoms with E-state index in [-0.39, 0.29) is 5.54 Å². The van der Waals surface area contributed by atoms with Crippen LogP contribution in [0.1, 0.15) is 44.9 Å². The van der Waals surface area contributed by atoms with Crippen LogP contribution in [0.5, 0.6) is 0 Å². The lowest BCUT2D eigenvalue weighted by atomic mass is 10.1. The molecule has 84 valence electrons. The molecule has 0 fully saturated rings. The number of aliphatic hydroxyl groups excluding tert-OH is 1. The third-order valence-corrected chi connectivity index (χ3v) is 2.08. The maximum absolute atomic E-state index is 9.41. The van der Waals surface area contributed by atoms with Crippen molar-refractivity contribution in [1.29, 1.82) is 0 Å².